The molecule has 0 heterocycles. The molecule has 0 saturated carbocycles. The van der Waals surface area contributed by atoms with Gasteiger partial charge in [-0.05, 0) is 25.3 Å². The molecule has 1 atom stereocenters. The Labute approximate surface area is 86.4 Å². The van der Waals surface area contributed by atoms with Gasteiger partial charge in [-0.25, -0.2) is 5.06 Å². The van der Waals surface area contributed by atoms with Crippen molar-refractivity contribution in [1.82, 2.24) is 5.06 Å². The standard InChI is InChI=1S/C10H22N2O2/c1-4-9(7-8-11)5-6-10(13)12(2)14-3/h9H,4-8,11H2,1-3H3. The first kappa shape index (κ1) is 13.4. The number of nitrogens with two attached hydrogens (primary N) is 1. The van der Waals surface area contributed by atoms with Crippen LogP contribution in [0, 0.1) is 5.92 Å². The topological polar surface area (TPSA) is 55.6 Å². The molecule has 1 unspecified atom stereocenters. The number of amides is 1. The summed E-state index contributed by atoms with van der Waals surface area (Å²) in [5, 5.41) is 1.27. The van der Waals surface area contributed by atoms with Crippen molar-refractivity contribution in [2.75, 3.05) is 20.7 Å². The Hall–Kier alpha value is -0.610. The third kappa shape index (κ3) is 5.19. The Morgan fingerprint density at radius 3 is 2.57 bits per heavy atom. The molecule has 1 amide bonds. The zero-order valence-corrected chi connectivity index (χ0v) is 9.45. The molecule has 0 aliphatic heterocycles. The van der Waals surface area contributed by atoms with Gasteiger partial charge in [0, 0.05) is 13.5 Å². The van der Waals surface area contributed by atoms with Gasteiger partial charge in [-0.1, -0.05) is 13.3 Å². The smallest absolute Gasteiger partial charge is 0.245 e. The number of carbonyl (C=O) groups is 1. The van der Waals surface area contributed by atoms with E-state index in [0.29, 0.717) is 18.9 Å². The van der Waals surface area contributed by atoms with Crippen molar-refractivity contribution >= 4 is 5.91 Å². The molecule has 0 spiro atoms. The lowest BCUT2D eigenvalue weighted by molar-refractivity contribution is -0.168. The van der Waals surface area contributed by atoms with E-state index in [1.807, 2.05) is 0 Å². The van der Waals surface area contributed by atoms with Crippen molar-refractivity contribution in [1.29, 1.82) is 0 Å². The molecule has 0 aromatic rings. The summed E-state index contributed by atoms with van der Waals surface area (Å²) in [6, 6.07) is 0. The van der Waals surface area contributed by atoms with Crippen LogP contribution in [0.4, 0.5) is 0 Å². The molecular weight excluding hydrogens is 180 g/mol. The molecule has 0 aliphatic carbocycles. The second-order valence-corrected chi connectivity index (χ2v) is 3.46. The lowest BCUT2D eigenvalue weighted by Gasteiger charge is -2.16. The van der Waals surface area contributed by atoms with E-state index in [1.54, 1.807) is 7.05 Å². The maximum absolute atomic E-state index is 11.4. The summed E-state index contributed by atoms with van der Waals surface area (Å²) in [6.45, 7) is 2.83. The molecule has 0 aromatic heterocycles. The predicted molar refractivity (Wildman–Crippen MR) is 56.5 cm³/mol. The van der Waals surface area contributed by atoms with Crippen LogP contribution >= 0.6 is 0 Å². The zero-order chi connectivity index (χ0) is 11.0. The molecule has 0 saturated heterocycles. The number of hydrogen-bond donors (Lipinski definition) is 1. The summed E-state index contributed by atoms with van der Waals surface area (Å²) in [7, 11) is 3.13. The second kappa shape index (κ2) is 7.76. The maximum atomic E-state index is 11.4. The number of hydroxylamine groups is 2. The van der Waals surface area contributed by atoms with Gasteiger partial charge in [0.05, 0.1) is 7.11 Å². The first-order valence-electron chi connectivity index (χ1n) is 5.16. The lowest BCUT2D eigenvalue weighted by Crippen LogP contribution is -2.25. The van der Waals surface area contributed by atoms with Crippen LogP contribution in [0.25, 0.3) is 0 Å². The molecule has 14 heavy (non-hydrogen) atoms. The quantitative estimate of drug-likeness (QED) is 0.630. The number of hydrogen-bond acceptors (Lipinski definition) is 3. The van der Waals surface area contributed by atoms with E-state index in [0.717, 1.165) is 19.3 Å². The van der Waals surface area contributed by atoms with Gasteiger partial charge in [0.1, 0.15) is 0 Å². The highest BCUT2D eigenvalue weighted by Gasteiger charge is 2.11. The van der Waals surface area contributed by atoms with Crippen molar-refractivity contribution in [3.05, 3.63) is 0 Å². The summed E-state index contributed by atoms with van der Waals surface area (Å²) < 4.78 is 0. The van der Waals surface area contributed by atoms with Crippen LogP contribution < -0.4 is 5.73 Å². The summed E-state index contributed by atoms with van der Waals surface area (Å²) in [5.41, 5.74) is 5.48. The first-order chi connectivity index (χ1) is 6.65. The van der Waals surface area contributed by atoms with E-state index in [1.165, 1.54) is 12.2 Å². The van der Waals surface area contributed by atoms with E-state index < -0.39 is 0 Å². The lowest BCUT2D eigenvalue weighted by atomic mass is 9.96. The minimum atomic E-state index is 0.0305. The average molecular weight is 202 g/mol. The normalized spacial score (nSPS) is 12.6. The van der Waals surface area contributed by atoms with E-state index >= 15 is 0 Å². The van der Waals surface area contributed by atoms with Gasteiger partial charge in [0.15, 0.2) is 0 Å². The molecule has 2 N–H and O–H groups in total. The van der Waals surface area contributed by atoms with Crippen molar-refractivity contribution in [2.24, 2.45) is 11.7 Å². The molecule has 0 rings (SSSR count). The number of rotatable bonds is 7. The molecule has 4 nitrogen and oxygen atoms in total. The van der Waals surface area contributed by atoms with Crippen LogP contribution in [0.1, 0.15) is 32.6 Å². The van der Waals surface area contributed by atoms with Crippen molar-refractivity contribution in [2.45, 2.75) is 32.6 Å². The van der Waals surface area contributed by atoms with Gasteiger partial charge in [-0.2, -0.15) is 0 Å². The predicted octanol–water partition coefficient (Wildman–Crippen LogP) is 1.16. The molecule has 0 aromatic carbocycles. The molecular formula is C10H22N2O2. The molecule has 84 valence electrons. The molecule has 0 radical (unpaired) electrons. The third-order valence-electron chi connectivity index (χ3n) is 2.54. The van der Waals surface area contributed by atoms with Crippen LogP contribution in [-0.2, 0) is 9.63 Å². The largest absolute Gasteiger partial charge is 0.330 e. The van der Waals surface area contributed by atoms with Crippen molar-refractivity contribution in [3.63, 3.8) is 0 Å². The van der Waals surface area contributed by atoms with Crippen LogP contribution in [0.2, 0.25) is 0 Å². The van der Waals surface area contributed by atoms with E-state index in [4.69, 9.17) is 10.6 Å². The van der Waals surface area contributed by atoms with E-state index in [9.17, 15) is 4.79 Å². The van der Waals surface area contributed by atoms with Gasteiger partial charge in [-0.15, -0.1) is 0 Å². The SMILES string of the molecule is CCC(CCN)CCC(=O)N(C)OC. The minimum absolute atomic E-state index is 0.0305. The summed E-state index contributed by atoms with van der Waals surface area (Å²) in [5.74, 6) is 0.595. The van der Waals surface area contributed by atoms with Crippen molar-refractivity contribution < 1.29 is 9.63 Å². The first-order valence-corrected chi connectivity index (χ1v) is 5.16. The van der Waals surface area contributed by atoms with Gasteiger partial charge in [-0.3, -0.25) is 9.63 Å². The van der Waals surface area contributed by atoms with Gasteiger partial charge in [0.25, 0.3) is 0 Å². The Balaban J connectivity index is 3.73. The number of nitrogens with zero attached hydrogens (tertiary/aromatic N) is 1. The van der Waals surface area contributed by atoms with E-state index in [-0.39, 0.29) is 5.91 Å². The fourth-order valence-electron chi connectivity index (χ4n) is 1.38. The highest BCUT2D eigenvalue weighted by atomic mass is 16.7. The van der Waals surface area contributed by atoms with Crippen LogP contribution in [0.5, 0.6) is 0 Å². The monoisotopic (exact) mass is 202 g/mol. The number of carbonyl (C=O) groups excluding carboxylic acids is 1. The maximum Gasteiger partial charge on any atom is 0.245 e. The summed E-state index contributed by atoms with van der Waals surface area (Å²) in [6.07, 6.45) is 3.53. The van der Waals surface area contributed by atoms with E-state index in [2.05, 4.69) is 6.92 Å². The fraction of sp³-hybridized carbons (Fsp3) is 0.900. The second-order valence-electron chi connectivity index (χ2n) is 3.46. The molecule has 0 bridgehead atoms. The third-order valence-corrected chi connectivity index (χ3v) is 2.54. The van der Waals surface area contributed by atoms with Crippen LogP contribution in [-0.4, -0.2) is 31.7 Å². The highest BCUT2D eigenvalue weighted by Crippen LogP contribution is 2.14. The van der Waals surface area contributed by atoms with Gasteiger partial charge in [0.2, 0.25) is 5.91 Å². The Kier molecular flexibility index (Phi) is 7.42. The minimum Gasteiger partial charge on any atom is -0.330 e. The van der Waals surface area contributed by atoms with Crippen molar-refractivity contribution in [3.8, 4) is 0 Å². The molecule has 0 aliphatic rings. The Morgan fingerprint density at radius 1 is 1.50 bits per heavy atom. The Morgan fingerprint density at radius 2 is 2.14 bits per heavy atom. The molecule has 4 heteroatoms. The summed E-state index contributed by atoms with van der Waals surface area (Å²) >= 11 is 0. The van der Waals surface area contributed by atoms with Gasteiger partial charge < -0.3 is 5.73 Å². The van der Waals surface area contributed by atoms with Crippen LogP contribution in [0.15, 0.2) is 0 Å². The fourth-order valence-corrected chi connectivity index (χ4v) is 1.38. The Bertz CT molecular complexity index is 162. The van der Waals surface area contributed by atoms with Gasteiger partial charge >= 0.3 is 0 Å². The molecule has 0 fully saturated rings. The average Bonchev–Trinajstić information content (AvgIpc) is 2.22. The zero-order valence-electron chi connectivity index (χ0n) is 9.45. The van der Waals surface area contributed by atoms with Crippen LogP contribution in [0.3, 0.4) is 0 Å². The highest BCUT2D eigenvalue weighted by molar-refractivity contribution is 5.74. The summed E-state index contributed by atoms with van der Waals surface area (Å²) in [4.78, 5) is 16.2.